The Kier molecular flexibility index (Phi) is 3.90. The van der Waals surface area contributed by atoms with Gasteiger partial charge in [-0.15, -0.1) is 0 Å². The number of hydrogen-bond donors (Lipinski definition) is 0. The van der Waals surface area contributed by atoms with Crippen molar-refractivity contribution in [1.82, 2.24) is 0 Å². The first kappa shape index (κ1) is 10.4. The highest BCUT2D eigenvalue weighted by Gasteiger charge is 2.40. The molecular weight excluding hydrogens is 263 g/mol. The lowest BCUT2D eigenvalue weighted by Crippen LogP contribution is -2.26. The molecule has 0 saturated carbocycles. The summed E-state index contributed by atoms with van der Waals surface area (Å²) in [5.41, 5.74) is 0. The molecule has 0 spiro atoms. The van der Waals surface area contributed by atoms with E-state index in [1.165, 1.54) is 0 Å². The first-order valence-corrected chi connectivity index (χ1v) is 3.93. The lowest BCUT2D eigenvalue weighted by Gasteiger charge is -2.12. The minimum Gasteiger partial charge on any atom is -0.237 e. The maximum atomic E-state index is 12.0. The summed E-state index contributed by atoms with van der Waals surface area (Å²) < 4.78 is 46.0. The van der Waals surface area contributed by atoms with Crippen LogP contribution in [0.15, 0.2) is 0 Å². The highest BCUT2D eigenvalue weighted by Crippen LogP contribution is 2.27. The maximum absolute atomic E-state index is 12.0. The van der Waals surface area contributed by atoms with Crippen molar-refractivity contribution in [3.05, 3.63) is 0 Å². The highest BCUT2D eigenvalue weighted by atomic mass is 127. The molecule has 0 aliphatic carbocycles. The Morgan fingerprint density at radius 2 is 1.80 bits per heavy atom. The molecule has 0 aromatic heterocycles. The predicted octanol–water partition coefficient (Wildman–Crippen LogP) is 3.10. The van der Waals surface area contributed by atoms with Gasteiger partial charge in [-0.25, -0.2) is 4.39 Å². The van der Waals surface area contributed by atoms with Crippen molar-refractivity contribution in [2.45, 2.75) is 29.6 Å². The van der Waals surface area contributed by atoms with Crippen LogP contribution in [0.4, 0.5) is 17.6 Å². The highest BCUT2D eigenvalue weighted by molar-refractivity contribution is 14.1. The Balaban J connectivity index is 3.73. The smallest absolute Gasteiger partial charge is 0.237 e. The van der Waals surface area contributed by atoms with Gasteiger partial charge in [-0.3, -0.25) is 0 Å². The van der Waals surface area contributed by atoms with Crippen LogP contribution < -0.4 is 0 Å². The van der Waals surface area contributed by atoms with Crippen LogP contribution in [0, 0.1) is 0 Å². The third-order valence-corrected chi connectivity index (χ3v) is 1.40. The summed E-state index contributed by atoms with van der Waals surface area (Å²) in [7, 11) is 0. The summed E-state index contributed by atoms with van der Waals surface area (Å²) >= 11 is 1.76. The fraction of sp³-hybridized carbons (Fsp3) is 1.00. The first-order chi connectivity index (χ1) is 4.34. The van der Waals surface area contributed by atoms with Crippen LogP contribution in [-0.4, -0.2) is 16.3 Å². The molecule has 5 heteroatoms. The first-order valence-electron chi connectivity index (χ1n) is 2.69. The van der Waals surface area contributed by atoms with Gasteiger partial charge in [-0.05, 0) is 6.42 Å². The molecule has 0 N–H and O–H groups in total. The van der Waals surface area contributed by atoms with Crippen molar-refractivity contribution in [3.63, 3.8) is 0 Å². The molecule has 0 aliphatic heterocycles. The predicted molar refractivity (Wildman–Crippen MR) is 39.1 cm³/mol. The average molecular weight is 270 g/mol. The molecule has 0 heterocycles. The van der Waals surface area contributed by atoms with E-state index in [0.29, 0.717) is 0 Å². The van der Waals surface area contributed by atoms with E-state index in [4.69, 9.17) is 0 Å². The summed E-state index contributed by atoms with van der Waals surface area (Å²) in [6, 6.07) is 0. The molecule has 0 bridgehead atoms. The fourth-order valence-electron chi connectivity index (χ4n) is 0.419. The van der Waals surface area contributed by atoms with Gasteiger partial charge in [-0.1, -0.05) is 29.5 Å². The maximum Gasteiger partial charge on any atom is 0.419 e. The molecular formula is C5H7F4I. The summed E-state index contributed by atoms with van der Waals surface area (Å²) in [5, 5.41) is 0. The second-order valence-electron chi connectivity index (χ2n) is 2.03. The SMILES string of the molecule is CC(I)CC(F)C(F)(F)F. The third-order valence-electron chi connectivity index (χ3n) is 0.887. The van der Waals surface area contributed by atoms with E-state index in [1.54, 1.807) is 29.5 Å². The van der Waals surface area contributed by atoms with Crippen molar-refractivity contribution in [2.24, 2.45) is 0 Å². The normalized spacial score (nSPS) is 18.6. The summed E-state index contributed by atoms with van der Waals surface area (Å²) in [4.78, 5) is 0. The summed E-state index contributed by atoms with van der Waals surface area (Å²) in [6.07, 6.45) is -7.80. The summed E-state index contributed by atoms with van der Waals surface area (Å²) in [6.45, 7) is 1.54. The molecule has 0 radical (unpaired) electrons. The molecule has 0 fully saturated rings. The van der Waals surface area contributed by atoms with E-state index < -0.39 is 18.8 Å². The number of alkyl halides is 5. The number of halogens is 5. The van der Waals surface area contributed by atoms with Crippen LogP contribution in [0.25, 0.3) is 0 Å². The topological polar surface area (TPSA) is 0 Å². The van der Waals surface area contributed by atoms with E-state index >= 15 is 0 Å². The van der Waals surface area contributed by atoms with Crippen LogP contribution in [-0.2, 0) is 0 Å². The van der Waals surface area contributed by atoms with Gasteiger partial charge in [-0.2, -0.15) is 13.2 Å². The van der Waals surface area contributed by atoms with E-state index in [0.717, 1.165) is 0 Å². The largest absolute Gasteiger partial charge is 0.419 e. The Labute approximate surface area is 70.1 Å². The van der Waals surface area contributed by atoms with E-state index in [9.17, 15) is 17.6 Å². The monoisotopic (exact) mass is 270 g/mol. The number of rotatable bonds is 2. The standard InChI is InChI=1S/C5H7F4I/c1-3(10)2-4(6)5(7,8)9/h3-4H,2H2,1H3. The van der Waals surface area contributed by atoms with Gasteiger partial charge < -0.3 is 0 Å². The molecule has 0 aromatic carbocycles. The van der Waals surface area contributed by atoms with Gasteiger partial charge in [0.15, 0.2) is 6.17 Å². The van der Waals surface area contributed by atoms with Crippen molar-refractivity contribution < 1.29 is 17.6 Å². The zero-order valence-corrected chi connectivity index (χ0v) is 7.41. The molecule has 0 aliphatic rings. The minimum atomic E-state index is -4.68. The van der Waals surface area contributed by atoms with Gasteiger partial charge in [0.2, 0.25) is 0 Å². The van der Waals surface area contributed by atoms with Gasteiger partial charge in [0.25, 0.3) is 0 Å². The Morgan fingerprint density at radius 1 is 1.40 bits per heavy atom. The molecule has 0 aromatic rings. The zero-order valence-electron chi connectivity index (χ0n) is 5.25. The van der Waals surface area contributed by atoms with Gasteiger partial charge in [0, 0.05) is 3.92 Å². The second kappa shape index (κ2) is 3.73. The van der Waals surface area contributed by atoms with Gasteiger partial charge >= 0.3 is 6.18 Å². The van der Waals surface area contributed by atoms with Crippen molar-refractivity contribution in [3.8, 4) is 0 Å². The molecule has 0 saturated heterocycles. The van der Waals surface area contributed by atoms with Gasteiger partial charge in [0.05, 0.1) is 0 Å². The zero-order chi connectivity index (χ0) is 8.36. The molecule has 2 atom stereocenters. The summed E-state index contributed by atoms with van der Waals surface area (Å²) in [5.74, 6) is 0. The lowest BCUT2D eigenvalue weighted by atomic mass is 10.2. The van der Waals surface area contributed by atoms with E-state index in [2.05, 4.69) is 0 Å². The van der Waals surface area contributed by atoms with E-state index in [1.807, 2.05) is 0 Å². The molecule has 2 unspecified atom stereocenters. The molecule has 10 heavy (non-hydrogen) atoms. The van der Waals surface area contributed by atoms with Crippen LogP contribution in [0.1, 0.15) is 13.3 Å². The van der Waals surface area contributed by atoms with E-state index in [-0.39, 0.29) is 3.92 Å². The molecule has 0 nitrogen and oxygen atoms in total. The van der Waals surface area contributed by atoms with Crippen LogP contribution in [0.5, 0.6) is 0 Å². The second-order valence-corrected chi connectivity index (χ2v) is 4.15. The molecule has 0 rings (SSSR count). The van der Waals surface area contributed by atoms with Crippen LogP contribution in [0.3, 0.4) is 0 Å². The lowest BCUT2D eigenvalue weighted by molar-refractivity contribution is -0.181. The Hall–Kier alpha value is 0.450. The van der Waals surface area contributed by atoms with Gasteiger partial charge in [0.1, 0.15) is 0 Å². The third kappa shape index (κ3) is 4.29. The van der Waals surface area contributed by atoms with Crippen LogP contribution >= 0.6 is 22.6 Å². The molecule has 62 valence electrons. The van der Waals surface area contributed by atoms with Crippen molar-refractivity contribution in [1.29, 1.82) is 0 Å². The van der Waals surface area contributed by atoms with Crippen molar-refractivity contribution >= 4 is 22.6 Å². The number of hydrogen-bond acceptors (Lipinski definition) is 0. The molecule has 0 amide bonds. The average Bonchev–Trinajstić information content (AvgIpc) is 1.60. The minimum absolute atomic E-state index is 0.283. The van der Waals surface area contributed by atoms with Crippen LogP contribution in [0.2, 0.25) is 0 Å². The Bertz CT molecular complexity index is 98.3. The quantitative estimate of drug-likeness (QED) is 0.411. The fourth-order valence-corrected chi connectivity index (χ4v) is 0.865. The van der Waals surface area contributed by atoms with Crippen molar-refractivity contribution in [2.75, 3.05) is 0 Å². The Morgan fingerprint density at radius 3 is 1.90 bits per heavy atom.